The van der Waals surface area contributed by atoms with Gasteiger partial charge >= 0.3 is 0 Å². The maximum Gasteiger partial charge on any atom is 0.125 e. The van der Waals surface area contributed by atoms with Crippen molar-refractivity contribution in [1.29, 1.82) is 5.41 Å². The number of pyridine rings is 1. The van der Waals surface area contributed by atoms with Crippen molar-refractivity contribution in [2.45, 2.75) is 32.7 Å². The molecule has 1 saturated carbocycles. The first kappa shape index (κ1) is 11.9. The molecule has 0 spiro atoms. The number of nitrogens with zero attached hydrogens (tertiary/aromatic N) is 2. The van der Waals surface area contributed by atoms with E-state index >= 15 is 0 Å². The van der Waals surface area contributed by atoms with Gasteiger partial charge < -0.3 is 10.6 Å². The summed E-state index contributed by atoms with van der Waals surface area (Å²) < 4.78 is 0. The molecule has 92 valence electrons. The second-order valence-corrected chi connectivity index (χ2v) is 5.00. The Bertz CT molecular complexity index is 410. The van der Waals surface area contributed by atoms with Crippen LogP contribution in [0, 0.1) is 11.3 Å². The predicted octanol–water partition coefficient (Wildman–Crippen LogP) is 1.99. The molecule has 0 unspecified atom stereocenters. The van der Waals surface area contributed by atoms with Gasteiger partial charge in [-0.05, 0) is 38.7 Å². The van der Waals surface area contributed by atoms with E-state index in [9.17, 15) is 0 Å². The summed E-state index contributed by atoms with van der Waals surface area (Å²) in [4.78, 5) is 6.47. The number of hydrogen-bond donors (Lipinski definition) is 2. The Labute approximate surface area is 102 Å². The van der Waals surface area contributed by atoms with Crippen LogP contribution in [0.4, 0.5) is 5.69 Å². The van der Waals surface area contributed by atoms with Gasteiger partial charge in [0.15, 0.2) is 0 Å². The standard InChI is InChI=1S/C13H20N4/c1-9(2)17(8-10-3-4-10)12-7-16-6-5-11(12)13(14)15/h5-7,9-10H,3-4,8H2,1-2H3,(H3,14,15). The van der Waals surface area contributed by atoms with E-state index in [1.807, 2.05) is 12.3 Å². The molecular formula is C13H20N4. The van der Waals surface area contributed by atoms with Gasteiger partial charge in [-0.3, -0.25) is 10.4 Å². The summed E-state index contributed by atoms with van der Waals surface area (Å²) in [5.74, 6) is 0.918. The maximum atomic E-state index is 7.63. The van der Waals surface area contributed by atoms with E-state index in [4.69, 9.17) is 11.1 Å². The molecule has 0 amide bonds. The summed E-state index contributed by atoms with van der Waals surface area (Å²) in [5, 5.41) is 7.63. The lowest BCUT2D eigenvalue weighted by Crippen LogP contribution is -2.34. The van der Waals surface area contributed by atoms with Gasteiger partial charge in [0.05, 0.1) is 11.9 Å². The summed E-state index contributed by atoms with van der Waals surface area (Å²) in [6.07, 6.45) is 6.15. The molecule has 0 atom stereocenters. The highest BCUT2D eigenvalue weighted by molar-refractivity contribution is 6.00. The minimum absolute atomic E-state index is 0.115. The van der Waals surface area contributed by atoms with Crippen molar-refractivity contribution in [3.8, 4) is 0 Å². The molecular weight excluding hydrogens is 212 g/mol. The minimum Gasteiger partial charge on any atom is -0.384 e. The SMILES string of the molecule is CC(C)N(CC1CC1)c1cnccc1C(=N)N. The second kappa shape index (κ2) is 4.73. The van der Waals surface area contributed by atoms with Crippen molar-refractivity contribution in [1.82, 2.24) is 4.98 Å². The Morgan fingerprint density at radius 2 is 2.29 bits per heavy atom. The van der Waals surface area contributed by atoms with E-state index in [1.54, 1.807) is 6.20 Å². The van der Waals surface area contributed by atoms with E-state index < -0.39 is 0 Å². The number of amidine groups is 1. The Morgan fingerprint density at radius 1 is 1.59 bits per heavy atom. The Kier molecular flexibility index (Phi) is 3.31. The molecule has 4 heteroatoms. The lowest BCUT2D eigenvalue weighted by atomic mass is 10.1. The largest absolute Gasteiger partial charge is 0.384 e. The van der Waals surface area contributed by atoms with Gasteiger partial charge in [-0.25, -0.2) is 0 Å². The highest BCUT2D eigenvalue weighted by atomic mass is 15.2. The summed E-state index contributed by atoms with van der Waals surface area (Å²) in [6, 6.07) is 2.22. The van der Waals surface area contributed by atoms with Crippen LogP contribution in [0.1, 0.15) is 32.3 Å². The molecule has 0 aliphatic heterocycles. The molecule has 2 rings (SSSR count). The monoisotopic (exact) mass is 232 g/mol. The van der Waals surface area contributed by atoms with Crippen LogP contribution in [0.5, 0.6) is 0 Å². The van der Waals surface area contributed by atoms with Crippen LogP contribution in [0.3, 0.4) is 0 Å². The number of nitrogen functional groups attached to an aromatic ring is 1. The fourth-order valence-corrected chi connectivity index (χ4v) is 2.01. The summed E-state index contributed by atoms with van der Waals surface area (Å²) in [5.41, 5.74) is 7.40. The van der Waals surface area contributed by atoms with Crippen LogP contribution in [-0.4, -0.2) is 23.4 Å². The average molecular weight is 232 g/mol. The molecule has 0 bridgehead atoms. The molecule has 3 N–H and O–H groups in total. The Hall–Kier alpha value is -1.58. The van der Waals surface area contributed by atoms with Crippen LogP contribution in [-0.2, 0) is 0 Å². The number of nitrogens with one attached hydrogen (secondary N) is 1. The molecule has 1 aliphatic carbocycles. The summed E-state index contributed by atoms with van der Waals surface area (Å²) >= 11 is 0. The second-order valence-electron chi connectivity index (χ2n) is 5.00. The van der Waals surface area contributed by atoms with E-state index in [0.29, 0.717) is 6.04 Å². The van der Waals surface area contributed by atoms with Crippen molar-refractivity contribution in [3.05, 3.63) is 24.0 Å². The van der Waals surface area contributed by atoms with Crippen LogP contribution in [0.15, 0.2) is 18.5 Å². The molecule has 0 aromatic carbocycles. The number of nitrogens with two attached hydrogens (primary N) is 1. The van der Waals surface area contributed by atoms with Crippen LogP contribution in [0.25, 0.3) is 0 Å². The lowest BCUT2D eigenvalue weighted by molar-refractivity contribution is 0.643. The topological polar surface area (TPSA) is 66.0 Å². The third-order valence-corrected chi connectivity index (χ3v) is 3.17. The van der Waals surface area contributed by atoms with Crippen molar-refractivity contribution >= 4 is 11.5 Å². The molecule has 1 aromatic rings. The first-order chi connectivity index (χ1) is 8.09. The van der Waals surface area contributed by atoms with Crippen molar-refractivity contribution in [3.63, 3.8) is 0 Å². The van der Waals surface area contributed by atoms with E-state index in [-0.39, 0.29) is 5.84 Å². The molecule has 1 heterocycles. The van der Waals surface area contributed by atoms with Crippen LogP contribution >= 0.6 is 0 Å². The molecule has 0 saturated heterocycles. The van der Waals surface area contributed by atoms with Crippen molar-refractivity contribution in [2.75, 3.05) is 11.4 Å². The van der Waals surface area contributed by atoms with E-state index in [0.717, 1.165) is 23.7 Å². The van der Waals surface area contributed by atoms with Gasteiger partial charge in [0.1, 0.15) is 5.84 Å². The predicted molar refractivity (Wildman–Crippen MR) is 70.5 cm³/mol. The number of rotatable bonds is 5. The fourth-order valence-electron chi connectivity index (χ4n) is 2.01. The van der Waals surface area contributed by atoms with E-state index in [2.05, 4.69) is 23.7 Å². The molecule has 17 heavy (non-hydrogen) atoms. The van der Waals surface area contributed by atoms with Crippen LogP contribution < -0.4 is 10.6 Å². The fraction of sp³-hybridized carbons (Fsp3) is 0.538. The zero-order chi connectivity index (χ0) is 12.4. The van der Waals surface area contributed by atoms with Gasteiger partial charge in [-0.15, -0.1) is 0 Å². The van der Waals surface area contributed by atoms with Crippen molar-refractivity contribution < 1.29 is 0 Å². The third-order valence-electron chi connectivity index (χ3n) is 3.17. The molecule has 4 nitrogen and oxygen atoms in total. The van der Waals surface area contributed by atoms with E-state index in [1.165, 1.54) is 12.8 Å². The average Bonchev–Trinajstić information content (AvgIpc) is 3.09. The van der Waals surface area contributed by atoms with Gasteiger partial charge in [-0.1, -0.05) is 0 Å². The van der Waals surface area contributed by atoms with Gasteiger partial charge in [0.2, 0.25) is 0 Å². The highest BCUT2D eigenvalue weighted by Crippen LogP contribution is 2.33. The van der Waals surface area contributed by atoms with Gasteiger partial charge in [0, 0.05) is 24.3 Å². The first-order valence-corrected chi connectivity index (χ1v) is 6.14. The number of anilines is 1. The molecule has 0 radical (unpaired) electrons. The Morgan fingerprint density at radius 3 is 2.82 bits per heavy atom. The normalized spacial score (nSPS) is 15.0. The Balaban J connectivity index is 2.30. The summed E-state index contributed by atoms with van der Waals surface area (Å²) in [7, 11) is 0. The number of aromatic nitrogens is 1. The highest BCUT2D eigenvalue weighted by Gasteiger charge is 2.27. The third kappa shape index (κ3) is 2.75. The molecule has 1 aromatic heterocycles. The quantitative estimate of drug-likeness (QED) is 0.602. The van der Waals surface area contributed by atoms with Gasteiger partial charge in [0.25, 0.3) is 0 Å². The summed E-state index contributed by atoms with van der Waals surface area (Å²) in [6.45, 7) is 5.38. The first-order valence-electron chi connectivity index (χ1n) is 6.14. The smallest absolute Gasteiger partial charge is 0.125 e. The zero-order valence-corrected chi connectivity index (χ0v) is 10.5. The van der Waals surface area contributed by atoms with Crippen LogP contribution in [0.2, 0.25) is 0 Å². The van der Waals surface area contributed by atoms with Gasteiger partial charge in [-0.2, -0.15) is 0 Å². The molecule has 1 aliphatic rings. The maximum absolute atomic E-state index is 7.63. The minimum atomic E-state index is 0.115. The molecule has 1 fully saturated rings. The lowest BCUT2D eigenvalue weighted by Gasteiger charge is -2.30. The van der Waals surface area contributed by atoms with Crippen molar-refractivity contribution in [2.24, 2.45) is 11.7 Å². The number of hydrogen-bond acceptors (Lipinski definition) is 3. The zero-order valence-electron chi connectivity index (χ0n) is 10.5.